The van der Waals surface area contributed by atoms with Gasteiger partial charge in [-0.1, -0.05) is 0 Å². The number of ketones is 1. The lowest BCUT2D eigenvalue weighted by Gasteiger charge is -2.31. The van der Waals surface area contributed by atoms with Gasteiger partial charge < -0.3 is 9.47 Å². The minimum Gasteiger partial charge on any atom is -0.486 e. The van der Waals surface area contributed by atoms with E-state index in [0.717, 1.165) is 5.82 Å². The summed E-state index contributed by atoms with van der Waals surface area (Å²) in [6, 6.07) is 5.28. The molecule has 1 aromatic carbocycles. The number of carbonyl (C=O) groups excluding carboxylic acids is 1. The number of ether oxygens (including phenoxy) is 2. The van der Waals surface area contributed by atoms with Gasteiger partial charge in [0.05, 0.1) is 12.0 Å². The maximum absolute atomic E-state index is 12.1. The van der Waals surface area contributed by atoms with E-state index in [1.54, 1.807) is 22.9 Å². The highest BCUT2D eigenvalue weighted by Crippen LogP contribution is 2.35. The molecule has 0 unspecified atom stereocenters. The van der Waals surface area contributed by atoms with E-state index in [2.05, 4.69) is 10.1 Å². The average molecular weight is 287 g/mol. The lowest BCUT2D eigenvalue weighted by Crippen LogP contribution is -2.35. The number of nitrogens with zero attached hydrogens (tertiary/aromatic N) is 3. The molecule has 0 N–H and O–H groups in total. The van der Waals surface area contributed by atoms with Gasteiger partial charge in [-0.25, -0.2) is 4.98 Å². The van der Waals surface area contributed by atoms with Crippen LogP contribution in [0.25, 0.3) is 0 Å². The molecular weight excluding hydrogens is 270 g/mol. The van der Waals surface area contributed by atoms with Crippen LogP contribution < -0.4 is 9.47 Å². The first-order chi connectivity index (χ1) is 9.94. The molecule has 1 aliphatic heterocycles. The van der Waals surface area contributed by atoms with Gasteiger partial charge in [0.2, 0.25) is 0 Å². The Balaban J connectivity index is 1.80. The zero-order chi connectivity index (χ0) is 15.0. The molecule has 6 heteroatoms. The molecule has 0 aliphatic carbocycles. The number of fused-ring (bicyclic) bond motifs is 1. The average Bonchev–Trinajstić information content (AvgIpc) is 2.80. The second-order valence-corrected chi connectivity index (χ2v) is 5.71. The molecule has 1 aliphatic rings. The van der Waals surface area contributed by atoms with Crippen molar-refractivity contribution in [2.24, 2.45) is 7.05 Å². The molecule has 0 spiro atoms. The van der Waals surface area contributed by atoms with Crippen molar-refractivity contribution in [3.8, 4) is 11.5 Å². The summed E-state index contributed by atoms with van der Waals surface area (Å²) in [5, 5.41) is 3.98. The van der Waals surface area contributed by atoms with Crippen molar-refractivity contribution < 1.29 is 14.3 Å². The van der Waals surface area contributed by atoms with E-state index in [9.17, 15) is 4.79 Å². The summed E-state index contributed by atoms with van der Waals surface area (Å²) in [6.07, 6.45) is 1.87. The van der Waals surface area contributed by atoms with Gasteiger partial charge in [-0.3, -0.25) is 9.48 Å². The molecule has 6 nitrogen and oxygen atoms in total. The van der Waals surface area contributed by atoms with Crippen LogP contribution in [0.3, 0.4) is 0 Å². The van der Waals surface area contributed by atoms with Gasteiger partial charge in [0.25, 0.3) is 0 Å². The van der Waals surface area contributed by atoms with Crippen LogP contribution in [0.2, 0.25) is 0 Å². The van der Waals surface area contributed by atoms with Gasteiger partial charge >= 0.3 is 0 Å². The molecule has 0 saturated carbocycles. The molecule has 21 heavy (non-hydrogen) atoms. The summed E-state index contributed by atoms with van der Waals surface area (Å²) in [4.78, 5) is 16.2. The van der Waals surface area contributed by atoms with E-state index in [1.807, 2.05) is 20.9 Å². The van der Waals surface area contributed by atoms with E-state index in [4.69, 9.17) is 9.47 Å². The van der Waals surface area contributed by atoms with E-state index in [1.165, 1.54) is 6.33 Å². The number of Topliss-reactive ketones (excluding diaryl/α,β-unsaturated/α-hetero) is 1. The minimum atomic E-state index is -0.480. The second kappa shape index (κ2) is 4.87. The van der Waals surface area contributed by atoms with Crippen molar-refractivity contribution in [3.05, 3.63) is 35.9 Å². The topological polar surface area (TPSA) is 66.2 Å². The second-order valence-electron chi connectivity index (χ2n) is 5.71. The maximum Gasteiger partial charge on any atom is 0.170 e. The summed E-state index contributed by atoms with van der Waals surface area (Å²) in [6.45, 7) is 4.12. The number of hydrogen-bond acceptors (Lipinski definition) is 5. The van der Waals surface area contributed by atoms with Gasteiger partial charge in [0.1, 0.15) is 30.0 Å². The van der Waals surface area contributed by atoms with E-state index in [0.29, 0.717) is 30.1 Å². The summed E-state index contributed by atoms with van der Waals surface area (Å²) < 4.78 is 13.2. The first-order valence-electron chi connectivity index (χ1n) is 6.76. The maximum atomic E-state index is 12.1. The Kier molecular flexibility index (Phi) is 3.16. The number of aromatic nitrogens is 3. The number of aryl methyl sites for hydroxylation is 1. The Morgan fingerprint density at radius 1 is 1.43 bits per heavy atom. The molecule has 0 atom stereocenters. The smallest absolute Gasteiger partial charge is 0.170 e. The molecule has 0 saturated heterocycles. The molecule has 2 heterocycles. The van der Waals surface area contributed by atoms with Crippen molar-refractivity contribution in [3.63, 3.8) is 0 Å². The first-order valence-corrected chi connectivity index (χ1v) is 6.76. The number of rotatable bonds is 3. The number of hydrogen-bond donors (Lipinski definition) is 0. The van der Waals surface area contributed by atoms with E-state index < -0.39 is 5.60 Å². The lowest BCUT2D eigenvalue weighted by molar-refractivity contribution is 0.0618. The van der Waals surface area contributed by atoms with Crippen molar-refractivity contribution in [1.29, 1.82) is 0 Å². The third-order valence-corrected chi connectivity index (χ3v) is 3.40. The van der Waals surface area contributed by atoms with E-state index in [-0.39, 0.29) is 5.78 Å². The first kappa shape index (κ1) is 13.6. The normalized spacial score (nSPS) is 16.2. The minimum absolute atomic E-state index is 0.0982. The molecule has 110 valence electrons. The highest BCUT2D eigenvalue weighted by Gasteiger charge is 2.32. The Morgan fingerprint density at radius 3 is 2.95 bits per heavy atom. The van der Waals surface area contributed by atoms with Crippen molar-refractivity contribution in [2.75, 3.05) is 0 Å². The van der Waals surface area contributed by atoms with Gasteiger partial charge in [-0.05, 0) is 26.0 Å². The SMILES string of the molecule is Cn1ncnc1COc1ccc2c(c1)OC(C)(C)CC2=O. The number of carbonyl (C=O) groups is 1. The third kappa shape index (κ3) is 2.74. The van der Waals surface area contributed by atoms with Crippen molar-refractivity contribution >= 4 is 5.78 Å². The Labute approximate surface area is 122 Å². The molecule has 2 aromatic rings. The largest absolute Gasteiger partial charge is 0.486 e. The predicted octanol–water partition coefficient (Wildman–Crippen LogP) is 2.14. The van der Waals surface area contributed by atoms with Gasteiger partial charge in [0.15, 0.2) is 11.6 Å². The molecule has 1 aromatic heterocycles. The van der Waals surface area contributed by atoms with Crippen molar-refractivity contribution in [2.45, 2.75) is 32.5 Å². The molecule has 3 rings (SSSR count). The highest BCUT2D eigenvalue weighted by molar-refractivity contribution is 6.00. The Bertz CT molecular complexity index is 691. The van der Waals surface area contributed by atoms with Crippen LogP contribution in [0.4, 0.5) is 0 Å². The van der Waals surface area contributed by atoms with Gasteiger partial charge in [0, 0.05) is 13.1 Å². The fraction of sp³-hybridized carbons (Fsp3) is 0.400. The zero-order valence-electron chi connectivity index (χ0n) is 12.3. The van der Waals surface area contributed by atoms with Crippen LogP contribution in [-0.4, -0.2) is 26.1 Å². The summed E-state index contributed by atoms with van der Waals surface area (Å²) >= 11 is 0. The lowest BCUT2D eigenvalue weighted by atomic mass is 9.93. The Morgan fingerprint density at radius 2 is 2.24 bits per heavy atom. The third-order valence-electron chi connectivity index (χ3n) is 3.40. The van der Waals surface area contributed by atoms with Crippen LogP contribution in [0.15, 0.2) is 24.5 Å². The van der Waals surface area contributed by atoms with Gasteiger partial charge in [-0.15, -0.1) is 0 Å². The monoisotopic (exact) mass is 287 g/mol. The summed E-state index contributed by atoms with van der Waals surface area (Å²) in [5.74, 6) is 2.04. The van der Waals surface area contributed by atoms with Crippen molar-refractivity contribution in [1.82, 2.24) is 14.8 Å². The molecular formula is C15H17N3O3. The van der Waals surface area contributed by atoms with Crippen LogP contribution >= 0.6 is 0 Å². The molecule has 0 amide bonds. The molecule has 0 fully saturated rings. The van der Waals surface area contributed by atoms with Gasteiger partial charge in [-0.2, -0.15) is 5.10 Å². The Hall–Kier alpha value is -2.37. The van der Waals surface area contributed by atoms with Crippen LogP contribution in [-0.2, 0) is 13.7 Å². The summed E-state index contributed by atoms with van der Waals surface area (Å²) in [5.41, 5.74) is 0.132. The molecule has 0 bridgehead atoms. The van der Waals surface area contributed by atoms with Crippen LogP contribution in [0, 0.1) is 0 Å². The fourth-order valence-electron chi connectivity index (χ4n) is 2.32. The predicted molar refractivity (Wildman–Crippen MR) is 75.4 cm³/mol. The summed E-state index contributed by atoms with van der Waals surface area (Å²) in [7, 11) is 1.81. The quantitative estimate of drug-likeness (QED) is 0.865. The fourth-order valence-corrected chi connectivity index (χ4v) is 2.32. The number of benzene rings is 1. The standard InChI is InChI=1S/C15H17N3O3/c1-15(2)7-12(19)11-5-4-10(6-13(11)21-15)20-8-14-16-9-17-18(14)3/h4-6,9H,7-8H2,1-3H3. The molecule has 0 radical (unpaired) electrons. The highest BCUT2D eigenvalue weighted by atomic mass is 16.5. The zero-order valence-corrected chi connectivity index (χ0v) is 12.3. The van der Waals surface area contributed by atoms with E-state index >= 15 is 0 Å². The van der Waals surface area contributed by atoms with Crippen LogP contribution in [0.1, 0.15) is 36.5 Å². The van der Waals surface area contributed by atoms with Crippen LogP contribution in [0.5, 0.6) is 11.5 Å².